The number of amides is 1. The van der Waals surface area contributed by atoms with Gasteiger partial charge in [-0.05, 0) is 42.5 Å². The Morgan fingerprint density at radius 1 is 1.10 bits per heavy atom. The standard InChI is InChI=1S/C23H32N4O.HI/c1-17-8-6-10-20(14-17)18(2)16-26-23(24-3)25-13-12-19-9-7-11-21(15-19)22(28)27(4)5;/h6-11,14-15,18H,12-13,16H2,1-5H3,(H2,24,25,26);1H. The van der Waals surface area contributed by atoms with Gasteiger partial charge in [-0.25, -0.2) is 0 Å². The number of aliphatic imine (C=N–C) groups is 1. The second-order valence-electron chi connectivity index (χ2n) is 7.35. The molecular weight excluding hydrogens is 475 g/mol. The van der Waals surface area contributed by atoms with Crippen LogP contribution in [0.4, 0.5) is 0 Å². The fourth-order valence-electron chi connectivity index (χ4n) is 3.01. The lowest BCUT2D eigenvalue weighted by Gasteiger charge is -2.17. The van der Waals surface area contributed by atoms with Gasteiger partial charge < -0.3 is 15.5 Å². The molecule has 2 rings (SSSR count). The molecule has 0 saturated carbocycles. The van der Waals surface area contributed by atoms with E-state index in [2.05, 4.69) is 53.7 Å². The van der Waals surface area contributed by atoms with Crippen LogP contribution >= 0.6 is 24.0 Å². The van der Waals surface area contributed by atoms with Crippen LogP contribution in [0.1, 0.15) is 39.9 Å². The largest absolute Gasteiger partial charge is 0.356 e. The molecule has 0 aliphatic carbocycles. The number of nitrogens with zero attached hydrogens (tertiary/aromatic N) is 2. The van der Waals surface area contributed by atoms with Crippen molar-refractivity contribution in [1.82, 2.24) is 15.5 Å². The lowest BCUT2D eigenvalue weighted by molar-refractivity contribution is 0.0827. The summed E-state index contributed by atoms with van der Waals surface area (Å²) in [6.45, 7) is 5.89. The molecule has 0 heterocycles. The quantitative estimate of drug-likeness (QED) is 0.340. The van der Waals surface area contributed by atoms with Gasteiger partial charge in [-0.1, -0.05) is 48.9 Å². The zero-order valence-corrected chi connectivity index (χ0v) is 20.4. The number of hydrogen-bond acceptors (Lipinski definition) is 2. The van der Waals surface area contributed by atoms with E-state index in [1.165, 1.54) is 11.1 Å². The molecule has 0 radical (unpaired) electrons. The molecule has 0 aromatic heterocycles. The Labute approximate surface area is 192 Å². The van der Waals surface area contributed by atoms with Gasteiger partial charge in [0.2, 0.25) is 0 Å². The summed E-state index contributed by atoms with van der Waals surface area (Å²) in [6, 6.07) is 16.4. The van der Waals surface area contributed by atoms with Crippen molar-refractivity contribution in [1.29, 1.82) is 0 Å². The second kappa shape index (κ2) is 12.5. The van der Waals surface area contributed by atoms with Gasteiger partial charge in [-0.2, -0.15) is 0 Å². The SMILES string of the molecule is CN=C(NCCc1cccc(C(=O)N(C)C)c1)NCC(C)c1cccc(C)c1.I. The van der Waals surface area contributed by atoms with E-state index in [0.29, 0.717) is 5.92 Å². The first-order valence-electron chi connectivity index (χ1n) is 9.72. The number of carbonyl (C=O) groups excluding carboxylic acids is 1. The van der Waals surface area contributed by atoms with E-state index in [4.69, 9.17) is 0 Å². The van der Waals surface area contributed by atoms with Gasteiger partial charge in [0, 0.05) is 39.8 Å². The summed E-state index contributed by atoms with van der Waals surface area (Å²) in [6.07, 6.45) is 0.822. The fourth-order valence-corrected chi connectivity index (χ4v) is 3.01. The van der Waals surface area contributed by atoms with E-state index in [9.17, 15) is 4.79 Å². The summed E-state index contributed by atoms with van der Waals surface area (Å²) in [5.74, 6) is 1.21. The Balaban J connectivity index is 0.00000420. The zero-order chi connectivity index (χ0) is 20.5. The Morgan fingerprint density at radius 3 is 2.48 bits per heavy atom. The second-order valence-corrected chi connectivity index (χ2v) is 7.35. The van der Waals surface area contributed by atoms with Crippen LogP contribution in [0.25, 0.3) is 0 Å². The van der Waals surface area contributed by atoms with Crippen molar-refractivity contribution >= 4 is 35.8 Å². The monoisotopic (exact) mass is 508 g/mol. The van der Waals surface area contributed by atoms with Crippen LogP contribution in [0.5, 0.6) is 0 Å². The maximum Gasteiger partial charge on any atom is 0.253 e. The molecule has 5 nitrogen and oxygen atoms in total. The van der Waals surface area contributed by atoms with E-state index in [1.807, 2.05) is 24.3 Å². The molecular formula is C23H33IN4O. The number of guanidine groups is 1. The van der Waals surface area contributed by atoms with Crippen molar-refractivity contribution in [2.75, 3.05) is 34.2 Å². The maximum absolute atomic E-state index is 12.1. The summed E-state index contributed by atoms with van der Waals surface area (Å²) in [5.41, 5.74) is 4.45. The predicted molar refractivity (Wildman–Crippen MR) is 133 cm³/mol. The van der Waals surface area contributed by atoms with Gasteiger partial charge in [0.15, 0.2) is 5.96 Å². The van der Waals surface area contributed by atoms with Crippen molar-refractivity contribution in [2.45, 2.75) is 26.2 Å². The van der Waals surface area contributed by atoms with Gasteiger partial charge in [0.1, 0.15) is 0 Å². The van der Waals surface area contributed by atoms with Crippen LogP contribution in [0, 0.1) is 6.92 Å². The van der Waals surface area contributed by atoms with Gasteiger partial charge in [-0.15, -0.1) is 24.0 Å². The number of carbonyl (C=O) groups is 1. The third-order valence-corrected chi connectivity index (χ3v) is 4.70. The van der Waals surface area contributed by atoms with Crippen molar-refractivity contribution in [3.63, 3.8) is 0 Å². The summed E-state index contributed by atoms with van der Waals surface area (Å²) in [7, 11) is 5.32. The molecule has 0 spiro atoms. The van der Waals surface area contributed by atoms with E-state index in [-0.39, 0.29) is 29.9 Å². The first-order valence-corrected chi connectivity index (χ1v) is 9.72. The molecule has 0 fully saturated rings. The van der Waals surface area contributed by atoms with Crippen LogP contribution in [-0.4, -0.2) is 51.0 Å². The molecule has 1 amide bonds. The molecule has 2 aromatic rings. The van der Waals surface area contributed by atoms with Crippen LogP contribution in [0.15, 0.2) is 53.5 Å². The zero-order valence-electron chi connectivity index (χ0n) is 18.0. The van der Waals surface area contributed by atoms with Gasteiger partial charge in [0.25, 0.3) is 5.91 Å². The highest BCUT2D eigenvalue weighted by Gasteiger charge is 2.09. The molecule has 0 aliphatic rings. The molecule has 0 bridgehead atoms. The lowest BCUT2D eigenvalue weighted by Crippen LogP contribution is -2.39. The highest BCUT2D eigenvalue weighted by Crippen LogP contribution is 2.15. The molecule has 1 atom stereocenters. The van der Waals surface area contributed by atoms with Gasteiger partial charge in [-0.3, -0.25) is 9.79 Å². The molecule has 1 unspecified atom stereocenters. The third-order valence-electron chi connectivity index (χ3n) is 4.70. The number of aryl methyl sites for hydroxylation is 1. The fraction of sp³-hybridized carbons (Fsp3) is 0.391. The summed E-state index contributed by atoms with van der Waals surface area (Å²) in [5, 5.41) is 6.75. The normalized spacial score (nSPS) is 12.0. The average molecular weight is 508 g/mol. The minimum Gasteiger partial charge on any atom is -0.356 e. The van der Waals surface area contributed by atoms with Gasteiger partial charge in [0.05, 0.1) is 0 Å². The molecule has 6 heteroatoms. The molecule has 29 heavy (non-hydrogen) atoms. The van der Waals surface area contributed by atoms with Crippen molar-refractivity contribution in [2.24, 2.45) is 4.99 Å². The van der Waals surface area contributed by atoms with E-state index in [1.54, 1.807) is 26.0 Å². The molecule has 0 saturated heterocycles. The highest BCUT2D eigenvalue weighted by atomic mass is 127. The predicted octanol–water partition coefficient (Wildman–Crippen LogP) is 3.83. The Kier molecular flexibility index (Phi) is 10.7. The lowest BCUT2D eigenvalue weighted by atomic mass is 9.99. The van der Waals surface area contributed by atoms with Crippen LogP contribution < -0.4 is 10.6 Å². The van der Waals surface area contributed by atoms with Crippen molar-refractivity contribution in [3.8, 4) is 0 Å². The van der Waals surface area contributed by atoms with Crippen LogP contribution in [0.3, 0.4) is 0 Å². The number of nitrogens with one attached hydrogen (secondary N) is 2. The minimum atomic E-state index is 0. The number of rotatable bonds is 7. The average Bonchev–Trinajstić information content (AvgIpc) is 2.69. The van der Waals surface area contributed by atoms with Crippen molar-refractivity contribution < 1.29 is 4.79 Å². The number of benzene rings is 2. The summed E-state index contributed by atoms with van der Waals surface area (Å²) < 4.78 is 0. The Bertz CT molecular complexity index is 820. The Hall–Kier alpha value is -2.09. The van der Waals surface area contributed by atoms with E-state index in [0.717, 1.165) is 36.6 Å². The smallest absolute Gasteiger partial charge is 0.253 e. The summed E-state index contributed by atoms with van der Waals surface area (Å²) in [4.78, 5) is 18.0. The summed E-state index contributed by atoms with van der Waals surface area (Å²) >= 11 is 0. The number of hydrogen-bond donors (Lipinski definition) is 2. The maximum atomic E-state index is 12.1. The topological polar surface area (TPSA) is 56.7 Å². The molecule has 2 aromatic carbocycles. The van der Waals surface area contributed by atoms with Gasteiger partial charge >= 0.3 is 0 Å². The first kappa shape index (κ1) is 24.9. The Morgan fingerprint density at radius 2 is 1.83 bits per heavy atom. The highest BCUT2D eigenvalue weighted by molar-refractivity contribution is 14.0. The van der Waals surface area contributed by atoms with E-state index < -0.39 is 0 Å². The number of halogens is 1. The van der Waals surface area contributed by atoms with Crippen LogP contribution in [0.2, 0.25) is 0 Å². The van der Waals surface area contributed by atoms with Crippen LogP contribution in [-0.2, 0) is 6.42 Å². The van der Waals surface area contributed by atoms with Crippen molar-refractivity contribution in [3.05, 3.63) is 70.8 Å². The first-order chi connectivity index (χ1) is 13.4. The molecule has 2 N–H and O–H groups in total. The molecule has 158 valence electrons. The molecule has 0 aliphatic heterocycles. The minimum absolute atomic E-state index is 0. The van der Waals surface area contributed by atoms with E-state index >= 15 is 0 Å². The third kappa shape index (κ3) is 8.04.